The van der Waals surface area contributed by atoms with Crippen LogP contribution in [0.3, 0.4) is 0 Å². The largest absolute Gasteiger partial charge is 0.100 e. The maximum Gasteiger partial charge on any atom is -0.0323 e. The van der Waals surface area contributed by atoms with E-state index < -0.39 is 0 Å². The van der Waals surface area contributed by atoms with Crippen molar-refractivity contribution in [3.8, 4) is 0 Å². The molecular weight excluding hydrogens is 156 g/mol. The van der Waals surface area contributed by atoms with Gasteiger partial charge in [-0.2, -0.15) is 0 Å². The zero-order valence-electron chi connectivity index (χ0n) is 9.31. The highest BCUT2D eigenvalue weighted by molar-refractivity contribution is 4.88. The molecule has 0 aliphatic heterocycles. The van der Waals surface area contributed by atoms with E-state index in [1.807, 2.05) is 0 Å². The third-order valence-electron chi connectivity index (χ3n) is 3.48. The summed E-state index contributed by atoms with van der Waals surface area (Å²) >= 11 is 0. The minimum Gasteiger partial charge on any atom is -0.100 e. The molecule has 1 saturated carbocycles. The van der Waals surface area contributed by atoms with Gasteiger partial charge in [0.1, 0.15) is 0 Å². The summed E-state index contributed by atoms with van der Waals surface area (Å²) in [5, 5.41) is 0. The smallest absolute Gasteiger partial charge is 0.0323 e. The van der Waals surface area contributed by atoms with Crippen molar-refractivity contribution in [3.63, 3.8) is 0 Å². The molecule has 1 aliphatic rings. The standard InChI is InChI=1S/C13H24/c1-11(2)9-10-12(3)13-7-5-4-6-8-13/h12-13H,1,4-10H2,2-3H3. The van der Waals surface area contributed by atoms with Gasteiger partial charge >= 0.3 is 0 Å². The van der Waals surface area contributed by atoms with Crippen molar-refractivity contribution >= 4 is 0 Å². The van der Waals surface area contributed by atoms with Crippen molar-refractivity contribution in [1.82, 2.24) is 0 Å². The maximum absolute atomic E-state index is 3.97. The van der Waals surface area contributed by atoms with Gasteiger partial charge in [0.05, 0.1) is 0 Å². The summed E-state index contributed by atoms with van der Waals surface area (Å²) < 4.78 is 0. The number of hydrogen-bond acceptors (Lipinski definition) is 0. The van der Waals surface area contributed by atoms with E-state index in [9.17, 15) is 0 Å². The Morgan fingerprint density at radius 2 is 1.92 bits per heavy atom. The van der Waals surface area contributed by atoms with Gasteiger partial charge in [0, 0.05) is 0 Å². The lowest BCUT2D eigenvalue weighted by Crippen LogP contribution is -2.15. The highest BCUT2D eigenvalue weighted by Gasteiger charge is 2.19. The lowest BCUT2D eigenvalue weighted by molar-refractivity contribution is 0.252. The summed E-state index contributed by atoms with van der Waals surface area (Å²) in [7, 11) is 0. The first-order valence-electron chi connectivity index (χ1n) is 5.84. The summed E-state index contributed by atoms with van der Waals surface area (Å²) in [6.45, 7) is 8.55. The van der Waals surface area contributed by atoms with Crippen LogP contribution in [0.5, 0.6) is 0 Å². The van der Waals surface area contributed by atoms with Gasteiger partial charge in [0.15, 0.2) is 0 Å². The first kappa shape index (κ1) is 10.8. The quantitative estimate of drug-likeness (QED) is 0.556. The molecule has 0 spiro atoms. The number of allylic oxidation sites excluding steroid dienone is 1. The first-order valence-corrected chi connectivity index (χ1v) is 5.84. The molecule has 0 bridgehead atoms. The molecule has 13 heavy (non-hydrogen) atoms. The Labute approximate surface area is 83.4 Å². The summed E-state index contributed by atoms with van der Waals surface area (Å²) in [4.78, 5) is 0. The molecule has 0 amide bonds. The van der Waals surface area contributed by atoms with Crippen molar-refractivity contribution in [2.24, 2.45) is 11.8 Å². The normalized spacial score (nSPS) is 21.4. The first-order chi connectivity index (χ1) is 6.20. The monoisotopic (exact) mass is 180 g/mol. The Kier molecular flexibility index (Phi) is 4.55. The second-order valence-corrected chi connectivity index (χ2v) is 4.87. The molecule has 0 aromatic carbocycles. The topological polar surface area (TPSA) is 0 Å². The van der Waals surface area contributed by atoms with E-state index in [1.54, 1.807) is 0 Å². The van der Waals surface area contributed by atoms with Crippen LogP contribution >= 0.6 is 0 Å². The Morgan fingerprint density at radius 3 is 2.46 bits per heavy atom. The van der Waals surface area contributed by atoms with Gasteiger partial charge in [0.25, 0.3) is 0 Å². The Hall–Kier alpha value is -0.260. The zero-order valence-corrected chi connectivity index (χ0v) is 9.31. The molecule has 0 aromatic rings. The van der Waals surface area contributed by atoms with E-state index in [0.717, 1.165) is 11.8 Å². The zero-order chi connectivity index (χ0) is 9.68. The molecule has 0 N–H and O–H groups in total. The van der Waals surface area contributed by atoms with Crippen molar-refractivity contribution < 1.29 is 0 Å². The summed E-state index contributed by atoms with van der Waals surface area (Å²) in [5.74, 6) is 1.95. The van der Waals surface area contributed by atoms with Crippen molar-refractivity contribution in [2.45, 2.75) is 58.8 Å². The van der Waals surface area contributed by atoms with Gasteiger partial charge in [-0.15, -0.1) is 6.58 Å². The van der Waals surface area contributed by atoms with Gasteiger partial charge < -0.3 is 0 Å². The van der Waals surface area contributed by atoms with E-state index in [4.69, 9.17) is 0 Å². The van der Waals surface area contributed by atoms with Gasteiger partial charge in [-0.3, -0.25) is 0 Å². The molecule has 1 aliphatic carbocycles. The summed E-state index contributed by atoms with van der Waals surface area (Å²) in [6, 6.07) is 0. The molecule has 76 valence electrons. The fourth-order valence-electron chi connectivity index (χ4n) is 2.41. The third-order valence-corrected chi connectivity index (χ3v) is 3.48. The molecular formula is C13H24. The second-order valence-electron chi connectivity index (χ2n) is 4.87. The number of rotatable bonds is 4. The Balaban J connectivity index is 2.20. The minimum absolute atomic E-state index is 0.928. The predicted molar refractivity (Wildman–Crippen MR) is 59.8 cm³/mol. The van der Waals surface area contributed by atoms with Gasteiger partial charge in [0.2, 0.25) is 0 Å². The molecule has 1 unspecified atom stereocenters. The van der Waals surface area contributed by atoms with E-state index in [1.165, 1.54) is 50.5 Å². The van der Waals surface area contributed by atoms with Crippen molar-refractivity contribution in [3.05, 3.63) is 12.2 Å². The lowest BCUT2D eigenvalue weighted by atomic mass is 9.79. The lowest BCUT2D eigenvalue weighted by Gasteiger charge is -2.27. The summed E-state index contributed by atoms with van der Waals surface area (Å²) in [6.07, 6.45) is 9.99. The van der Waals surface area contributed by atoms with Crippen molar-refractivity contribution in [1.29, 1.82) is 0 Å². The van der Waals surface area contributed by atoms with Gasteiger partial charge in [-0.1, -0.05) is 44.6 Å². The van der Waals surface area contributed by atoms with Crippen LogP contribution in [-0.4, -0.2) is 0 Å². The molecule has 1 fully saturated rings. The van der Waals surface area contributed by atoms with E-state index >= 15 is 0 Å². The van der Waals surface area contributed by atoms with Crippen LogP contribution < -0.4 is 0 Å². The van der Waals surface area contributed by atoms with Crippen LogP contribution in [0.4, 0.5) is 0 Å². The second kappa shape index (κ2) is 5.47. The molecule has 0 aromatic heterocycles. The number of hydrogen-bond donors (Lipinski definition) is 0. The van der Waals surface area contributed by atoms with E-state index in [2.05, 4.69) is 20.4 Å². The fraction of sp³-hybridized carbons (Fsp3) is 0.846. The molecule has 1 atom stereocenters. The van der Waals surface area contributed by atoms with Crippen LogP contribution in [-0.2, 0) is 0 Å². The van der Waals surface area contributed by atoms with Crippen LogP contribution in [0, 0.1) is 11.8 Å². The van der Waals surface area contributed by atoms with E-state index in [0.29, 0.717) is 0 Å². The average Bonchev–Trinajstić information content (AvgIpc) is 2.15. The highest BCUT2D eigenvalue weighted by Crippen LogP contribution is 2.32. The van der Waals surface area contributed by atoms with Gasteiger partial charge in [-0.05, 0) is 31.6 Å². The van der Waals surface area contributed by atoms with Crippen molar-refractivity contribution in [2.75, 3.05) is 0 Å². The van der Waals surface area contributed by atoms with E-state index in [-0.39, 0.29) is 0 Å². The fourth-order valence-corrected chi connectivity index (χ4v) is 2.41. The predicted octanol–water partition coefficient (Wildman–Crippen LogP) is 4.56. The van der Waals surface area contributed by atoms with Crippen LogP contribution in [0.15, 0.2) is 12.2 Å². The minimum atomic E-state index is 0.928. The molecule has 0 heteroatoms. The third kappa shape index (κ3) is 3.97. The van der Waals surface area contributed by atoms with Crippen LogP contribution in [0.25, 0.3) is 0 Å². The van der Waals surface area contributed by atoms with Crippen LogP contribution in [0.1, 0.15) is 58.8 Å². The highest BCUT2D eigenvalue weighted by atomic mass is 14.2. The molecule has 1 rings (SSSR count). The molecule has 0 radical (unpaired) electrons. The Morgan fingerprint density at radius 1 is 1.31 bits per heavy atom. The maximum atomic E-state index is 3.97. The SMILES string of the molecule is C=C(C)CCC(C)C1CCCCC1. The van der Waals surface area contributed by atoms with Gasteiger partial charge in [-0.25, -0.2) is 0 Å². The molecule has 0 saturated heterocycles. The molecule has 0 heterocycles. The summed E-state index contributed by atoms with van der Waals surface area (Å²) in [5.41, 5.74) is 1.35. The van der Waals surface area contributed by atoms with Crippen LogP contribution in [0.2, 0.25) is 0 Å². The average molecular weight is 180 g/mol. The molecule has 0 nitrogen and oxygen atoms in total. The Bertz CT molecular complexity index is 151.